The smallest absolute Gasteiger partial charge is 0.206 e. The van der Waals surface area contributed by atoms with Crippen molar-refractivity contribution in [1.29, 1.82) is 0 Å². The van der Waals surface area contributed by atoms with Crippen molar-refractivity contribution in [2.24, 2.45) is 0 Å². The maximum absolute atomic E-state index is 11.9. The molecule has 17 heavy (non-hydrogen) atoms. The van der Waals surface area contributed by atoms with E-state index in [0.29, 0.717) is 12.1 Å². The fourth-order valence-corrected chi connectivity index (χ4v) is 2.96. The quantitative estimate of drug-likeness (QED) is 0.856. The van der Waals surface area contributed by atoms with E-state index in [0.717, 1.165) is 4.31 Å². The van der Waals surface area contributed by atoms with Crippen LogP contribution in [0.5, 0.6) is 0 Å². The standard InChI is InChI=1S/C11H13Cl2NO2S/c1-3-14(2)17(15,16)11(13)10(12)9-7-5-4-6-8-9/h4-8H,3H2,1-2H3/b11-10-. The van der Waals surface area contributed by atoms with E-state index in [1.807, 2.05) is 6.07 Å². The third-order valence-electron chi connectivity index (χ3n) is 2.28. The lowest BCUT2D eigenvalue weighted by molar-refractivity contribution is 0.495. The molecule has 0 heterocycles. The summed E-state index contributed by atoms with van der Waals surface area (Å²) in [4.78, 5) is 0. The van der Waals surface area contributed by atoms with E-state index in [4.69, 9.17) is 23.2 Å². The molecule has 0 spiro atoms. The fraction of sp³-hybridized carbons (Fsp3) is 0.273. The summed E-state index contributed by atoms with van der Waals surface area (Å²) in [7, 11) is -2.24. The number of sulfonamides is 1. The summed E-state index contributed by atoms with van der Waals surface area (Å²) in [5.41, 5.74) is 0.576. The van der Waals surface area contributed by atoms with Gasteiger partial charge < -0.3 is 0 Å². The Labute approximate surface area is 112 Å². The van der Waals surface area contributed by atoms with Gasteiger partial charge in [0.2, 0.25) is 0 Å². The molecule has 0 saturated carbocycles. The summed E-state index contributed by atoms with van der Waals surface area (Å²) >= 11 is 11.8. The van der Waals surface area contributed by atoms with Gasteiger partial charge in [0.05, 0.1) is 5.03 Å². The summed E-state index contributed by atoms with van der Waals surface area (Å²) in [6, 6.07) is 8.74. The van der Waals surface area contributed by atoms with E-state index < -0.39 is 10.0 Å². The molecule has 1 aromatic carbocycles. The molecule has 0 amide bonds. The van der Waals surface area contributed by atoms with Gasteiger partial charge in [-0.3, -0.25) is 0 Å². The van der Waals surface area contributed by atoms with Crippen molar-refractivity contribution >= 4 is 38.3 Å². The predicted molar refractivity (Wildman–Crippen MR) is 72.3 cm³/mol. The SMILES string of the molecule is CCN(C)S(=O)(=O)/C(Cl)=C(\Cl)c1ccccc1. The third kappa shape index (κ3) is 3.22. The van der Waals surface area contributed by atoms with Crippen LogP contribution in [0.3, 0.4) is 0 Å². The van der Waals surface area contributed by atoms with Gasteiger partial charge in [-0.2, -0.15) is 0 Å². The highest BCUT2D eigenvalue weighted by atomic mass is 35.5. The van der Waals surface area contributed by atoms with Crippen molar-refractivity contribution in [2.75, 3.05) is 13.6 Å². The fourth-order valence-electron chi connectivity index (χ4n) is 1.12. The molecule has 0 bridgehead atoms. The first-order chi connectivity index (χ1) is 7.91. The van der Waals surface area contributed by atoms with Gasteiger partial charge in [-0.25, -0.2) is 12.7 Å². The minimum atomic E-state index is -3.69. The number of benzene rings is 1. The van der Waals surface area contributed by atoms with Gasteiger partial charge in [-0.05, 0) is 5.56 Å². The first-order valence-corrected chi connectivity index (χ1v) is 7.18. The molecular formula is C11H13Cl2NO2S. The molecule has 1 aromatic rings. The van der Waals surface area contributed by atoms with E-state index in [-0.39, 0.29) is 9.40 Å². The zero-order valence-corrected chi connectivity index (χ0v) is 11.9. The highest BCUT2D eigenvalue weighted by Gasteiger charge is 2.24. The summed E-state index contributed by atoms with van der Waals surface area (Å²) in [5, 5.41) is 0.0348. The van der Waals surface area contributed by atoms with Crippen LogP contribution in [0.4, 0.5) is 0 Å². The highest BCUT2D eigenvalue weighted by molar-refractivity contribution is 7.95. The van der Waals surface area contributed by atoms with Gasteiger partial charge >= 0.3 is 0 Å². The molecule has 1 rings (SSSR count). The maximum Gasteiger partial charge on any atom is 0.255 e. The summed E-state index contributed by atoms with van der Waals surface area (Å²) in [6.45, 7) is 2.05. The normalized spacial score (nSPS) is 13.7. The molecule has 0 aliphatic rings. The van der Waals surface area contributed by atoms with E-state index in [2.05, 4.69) is 0 Å². The van der Waals surface area contributed by atoms with Gasteiger partial charge in [0.1, 0.15) is 0 Å². The van der Waals surface area contributed by atoms with E-state index in [1.54, 1.807) is 31.2 Å². The zero-order valence-electron chi connectivity index (χ0n) is 9.52. The topological polar surface area (TPSA) is 37.4 Å². The second-order valence-electron chi connectivity index (χ2n) is 3.37. The molecule has 0 aromatic heterocycles. The minimum absolute atomic E-state index is 0.0348. The van der Waals surface area contributed by atoms with Crippen LogP contribution >= 0.6 is 23.2 Å². The van der Waals surface area contributed by atoms with E-state index in [9.17, 15) is 8.42 Å². The minimum Gasteiger partial charge on any atom is -0.206 e. The van der Waals surface area contributed by atoms with Crippen LogP contribution in [0, 0.1) is 0 Å². The molecule has 0 unspecified atom stereocenters. The Morgan fingerprint density at radius 3 is 2.24 bits per heavy atom. The van der Waals surface area contributed by atoms with E-state index >= 15 is 0 Å². The molecule has 0 radical (unpaired) electrons. The van der Waals surface area contributed by atoms with Crippen LogP contribution in [-0.2, 0) is 10.0 Å². The van der Waals surface area contributed by atoms with Crippen LogP contribution in [0.25, 0.3) is 5.03 Å². The zero-order chi connectivity index (χ0) is 13.1. The van der Waals surface area contributed by atoms with Gasteiger partial charge in [0, 0.05) is 13.6 Å². The maximum atomic E-state index is 11.9. The number of rotatable bonds is 4. The van der Waals surface area contributed by atoms with Crippen LogP contribution in [-0.4, -0.2) is 26.3 Å². The van der Waals surface area contributed by atoms with Gasteiger partial charge in [0.15, 0.2) is 4.36 Å². The van der Waals surface area contributed by atoms with Gasteiger partial charge in [-0.1, -0.05) is 60.5 Å². The molecule has 0 N–H and O–H groups in total. The third-order valence-corrected chi connectivity index (χ3v) is 5.41. The van der Waals surface area contributed by atoms with Crippen molar-refractivity contribution < 1.29 is 8.42 Å². The Morgan fingerprint density at radius 2 is 1.76 bits per heavy atom. The van der Waals surface area contributed by atoms with Crippen molar-refractivity contribution in [3.63, 3.8) is 0 Å². The summed E-state index contributed by atoms with van der Waals surface area (Å²) < 4.78 is 24.6. The number of hydrogen-bond acceptors (Lipinski definition) is 2. The lowest BCUT2D eigenvalue weighted by Crippen LogP contribution is -2.26. The first-order valence-electron chi connectivity index (χ1n) is 4.98. The Hall–Kier alpha value is -0.550. The van der Waals surface area contributed by atoms with Crippen LogP contribution in [0.15, 0.2) is 34.7 Å². The van der Waals surface area contributed by atoms with Crippen LogP contribution in [0.1, 0.15) is 12.5 Å². The molecule has 0 fully saturated rings. The number of halogens is 2. The molecule has 6 heteroatoms. The molecule has 0 atom stereocenters. The Balaban J connectivity index is 3.24. The van der Waals surface area contributed by atoms with Crippen molar-refractivity contribution in [2.45, 2.75) is 6.92 Å². The van der Waals surface area contributed by atoms with Crippen molar-refractivity contribution in [3.05, 3.63) is 40.3 Å². The average Bonchev–Trinajstić information content (AvgIpc) is 2.36. The van der Waals surface area contributed by atoms with E-state index in [1.165, 1.54) is 7.05 Å². The lowest BCUT2D eigenvalue weighted by Gasteiger charge is -2.14. The molecule has 0 aliphatic carbocycles. The Morgan fingerprint density at radius 1 is 1.24 bits per heavy atom. The first kappa shape index (κ1) is 14.5. The largest absolute Gasteiger partial charge is 0.255 e. The molecular weight excluding hydrogens is 281 g/mol. The van der Waals surface area contributed by atoms with Crippen LogP contribution < -0.4 is 0 Å². The molecule has 94 valence electrons. The summed E-state index contributed by atoms with van der Waals surface area (Å²) in [5.74, 6) is 0. The summed E-state index contributed by atoms with van der Waals surface area (Å²) in [6.07, 6.45) is 0. The Bertz CT molecular complexity index is 512. The number of hydrogen-bond donors (Lipinski definition) is 0. The van der Waals surface area contributed by atoms with Crippen LogP contribution in [0.2, 0.25) is 0 Å². The molecule has 0 aliphatic heterocycles. The second kappa shape index (κ2) is 5.87. The monoisotopic (exact) mass is 293 g/mol. The van der Waals surface area contributed by atoms with Gasteiger partial charge in [-0.15, -0.1) is 0 Å². The second-order valence-corrected chi connectivity index (χ2v) is 6.33. The average molecular weight is 294 g/mol. The van der Waals surface area contributed by atoms with Gasteiger partial charge in [0.25, 0.3) is 10.0 Å². The number of nitrogens with zero attached hydrogens (tertiary/aromatic N) is 1. The predicted octanol–water partition coefficient (Wildman–Crippen LogP) is 3.07. The molecule has 0 saturated heterocycles. The van der Waals surface area contributed by atoms with Crippen molar-refractivity contribution in [3.8, 4) is 0 Å². The highest BCUT2D eigenvalue weighted by Crippen LogP contribution is 2.30. The van der Waals surface area contributed by atoms with Crippen molar-refractivity contribution in [1.82, 2.24) is 4.31 Å². The lowest BCUT2D eigenvalue weighted by atomic mass is 10.2. The molecule has 3 nitrogen and oxygen atoms in total. The Kier molecular flexibility index (Phi) is 5.01.